The first-order valence-corrected chi connectivity index (χ1v) is 12.1. The van der Waals surface area contributed by atoms with Gasteiger partial charge in [0, 0.05) is 5.56 Å². The first-order valence-electron chi connectivity index (χ1n) is 12.1. The largest absolute Gasteiger partial charge is 0.495 e. The van der Waals surface area contributed by atoms with E-state index >= 15 is 0 Å². The van der Waals surface area contributed by atoms with Gasteiger partial charge in [-0.1, -0.05) is 44.2 Å². The highest BCUT2D eigenvalue weighted by Gasteiger charge is 2.52. The van der Waals surface area contributed by atoms with Crippen molar-refractivity contribution in [2.75, 3.05) is 0 Å². The van der Waals surface area contributed by atoms with E-state index in [1.54, 1.807) is 12.1 Å². The minimum absolute atomic E-state index is 0.490. The zero-order valence-corrected chi connectivity index (χ0v) is 22.5. The Kier molecular flexibility index (Phi) is 8.79. The van der Waals surface area contributed by atoms with E-state index in [4.69, 9.17) is 18.8 Å². The topological polar surface area (TPSA) is 54.0 Å². The van der Waals surface area contributed by atoms with Gasteiger partial charge in [0.25, 0.3) is 0 Å². The average molecular weight is 468 g/mol. The van der Waals surface area contributed by atoms with Crippen LogP contribution >= 0.6 is 0 Å². The Morgan fingerprint density at radius 2 is 1.44 bits per heavy atom. The molecule has 5 nitrogen and oxygen atoms in total. The van der Waals surface area contributed by atoms with Crippen LogP contribution in [0.5, 0.6) is 5.75 Å². The maximum atomic E-state index is 11.7. The molecule has 2 aromatic rings. The number of benzene rings is 2. The van der Waals surface area contributed by atoms with Gasteiger partial charge in [0.2, 0.25) is 0 Å². The summed E-state index contributed by atoms with van der Waals surface area (Å²) < 4.78 is 25.0. The standard InChI is InChI=1S/C26H35BO5.C2H6/c1-23(2,29-18-19-12-10-9-11-13-19)24(3,4)30-21-15-14-20(17-28)22(16-21)27-31-25(5,6)26(7,8)32-27;1-2/h9-17H,18H2,1-8H3;1-2H3. The summed E-state index contributed by atoms with van der Waals surface area (Å²) in [6.45, 7) is 20.5. The molecule has 0 radical (unpaired) electrons. The Morgan fingerprint density at radius 1 is 0.882 bits per heavy atom. The lowest BCUT2D eigenvalue weighted by Crippen LogP contribution is -2.51. The molecule has 0 unspecified atom stereocenters. The lowest BCUT2D eigenvalue weighted by Gasteiger charge is -2.41. The van der Waals surface area contributed by atoms with Crippen molar-refractivity contribution in [3.8, 4) is 5.75 Å². The number of carbonyl (C=O) groups excluding carboxylic acids is 1. The molecule has 0 aromatic heterocycles. The molecule has 1 aliphatic heterocycles. The van der Waals surface area contributed by atoms with Crippen LogP contribution in [0.2, 0.25) is 0 Å². The van der Waals surface area contributed by atoms with Crippen LogP contribution in [0.15, 0.2) is 48.5 Å². The second-order valence-corrected chi connectivity index (χ2v) is 10.4. The Balaban J connectivity index is 0.00000199. The van der Waals surface area contributed by atoms with Gasteiger partial charge in [-0.2, -0.15) is 0 Å². The smallest absolute Gasteiger partial charge is 0.485 e. The van der Waals surface area contributed by atoms with Gasteiger partial charge >= 0.3 is 7.12 Å². The molecule has 186 valence electrons. The molecule has 34 heavy (non-hydrogen) atoms. The molecule has 2 aromatic carbocycles. The third-order valence-electron chi connectivity index (χ3n) is 6.96. The fourth-order valence-corrected chi connectivity index (χ4v) is 3.33. The van der Waals surface area contributed by atoms with Crippen molar-refractivity contribution in [2.45, 2.75) is 98.2 Å². The van der Waals surface area contributed by atoms with Crippen LogP contribution in [0.25, 0.3) is 0 Å². The first-order chi connectivity index (χ1) is 15.8. The summed E-state index contributed by atoms with van der Waals surface area (Å²) in [5.41, 5.74) is 0.0505. The molecular weight excluding hydrogens is 427 g/mol. The molecule has 0 bridgehead atoms. The fraction of sp³-hybridized carbons (Fsp3) is 0.536. The molecule has 1 aliphatic rings. The van der Waals surface area contributed by atoms with Crippen LogP contribution in [-0.2, 0) is 20.7 Å². The van der Waals surface area contributed by atoms with Gasteiger partial charge in [0.05, 0.1) is 17.8 Å². The molecule has 1 saturated heterocycles. The highest BCUT2D eigenvalue weighted by molar-refractivity contribution is 6.63. The molecule has 1 heterocycles. The lowest BCUT2D eigenvalue weighted by molar-refractivity contribution is -0.141. The van der Waals surface area contributed by atoms with E-state index in [9.17, 15) is 4.79 Å². The fourth-order valence-electron chi connectivity index (χ4n) is 3.33. The van der Waals surface area contributed by atoms with Gasteiger partial charge < -0.3 is 18.8 Å². The van der Waals surface area contributed by atoms with Gasteiger partial charge in [0.1, 0.15) is 23.2 Å². The molecule has 0 atom stereocenters. The Bertz CT molecular complexity index is 935. The van der Waals surface area contributed by atoms with Gasteiger partial charge in [-0.25, -0.2) is 0 Å². The highest BCUT2D eigenvalue weighted by Crippen LogP contribution is 2.37. The van der Waals surface area contributed by atoms with E-state index in [1.165, 1.54) is 0 Å². The molecule has 0 spiro atoms. The van der Waals surface area contributed by atoms with Gasteiger partial charge in [-0.05, 0) is 84.6 Å². The van der Waals surface area contributed by atoms with Crippen LogP contribution in [0, 0.1) is 0 Å². The first kappa shape index (κ1) is 28.1. The maximum Gasteiger partial charge on any atom is 0.495 e. The zero-order chi connectivity index (χ0) is 25.8. The van der Waals surface area contributed by atoms with E-state index in [2.05, 4.69) is 0 Å². The predicted octanol–water partition coefficient (Wildman–Crippen LogP) is 5.98. The molecule has 6 heteroatoms. The lowest BCUT2D eigenvalue weighted by atomic mass is 9.76. The van der Waals surface area contributed by atoms with E-state index < -0.39 is 29.5 Å². The summed E-state index contributed by atoms with van der Waals surface area (Å²) in [6, 6.07) is 15.4. The zero-order valence-electron chi connectivity index (χ0n) is 22.5. The Labute approximate surface area is 206 Å². The minimum Gasteiger partial charge on any atom is -0.485 e. The molecular formula is C28H41BO5. The second-order valence-electron chi connectivity index (χ2n) is 10.4. The quantitative estimate of drug-likeness (QED) is 0.353. The molecule has 3 rings (SSSR count). The number of carbonyl (C=O) groups is 1. The summed E-state index contributed by atoms with van der Waals surface area (Å²) in [4.78, 5) is 11.7. The maximum absolute atomic E-state index is 11.7. The highest BCUT2D eigenvalue weighted by atomic mass is 16.7. The van der Waals surface area contributed by atoms with Crippen molar-refractivity contribution < 1.29 is 23.6 Å². The molecule has 0 amide bonds. The Hall–Kier alpha value is -2.15. The van der Waals surface area contributed by atoms with Crippen LogP contribution in [-0.4, -0.2) is 35.8 Å². The average Bonchev–Trinajstić information content (AvgIpc) is 3.01. The van der Waals surface area contributed by atoms with Crippen molar-refractivity contribution in [2.24, 2.45) is 0 Å². The number of hydrogen-bond acceptors (Lipinski definition) is 5. The third kappa shape index (κ3) is 6.10. The molecule has 1 fully saturated rings. The number of ether oxygens (including phenoxy) is 2. The van der Waals surface area contributed by atoms with Crippen molar-refractivity contribution >= 4 is 18.9 Å². The Morgan fingerprint density at radius 3 is 1.97 bits per heavy atom. The summed E-state index contributed by atoms with van der Waals surface area (Å²) in [6.07, 6.45) is 0.822. The summed E-state index contributed by atoms with van der Waals surface area (Å²) in [7, 11) is -0.644. The van der Waals surface area contributed by atoms with Crippen molar-refractivity contribution in [1.29, 1.82) is 0 Å². The predicted molar refractivity (Wildman–Crippen MR) is 139 cm³/mol. The molecule has 0 aliphatic carbocycles. The van der Waals surface area contributed by atoms with Crippen LogP contribution < -0.4 is 10.2 Å². The van der Waals surface area contributed by atoms with E-state index in [-0.39, 0.29) is 0 Å². The summed E-state index contributed by atoms with van der Waals surface area (Å²) >= 11 is 0. The van der Waals surface area contributed by atoms with Gasteiger partial charge in [0.15, 0.2) is 0 Å². The monoisotopic (exact) mass is 468 g/mol. The van der Waals surface area contributed by atoms with Crippen LogP contribution in [0.3, 0.4) is 0 Å². The van der Waals surface area contributed by atoms with E-state index in [0.29, 0.717) is 23.4 Å². The van der Waals surface area contributed by atoms with Crippen LogP contribution in [0.1, 0.15) is 85.2 Å². The number of rotatable bonds is 8. The molecule has 0 saturated carbocycles. The molecule has 0 N–H and O–H groups in total. The number of hydrogen-bond donors (Lipinski definition) is 0. The normalized spacial score (nSPS) is 17.1. The van der Waals surface area contributed by atoms with Crippen molar-refractivity contribution in [1.82, 2.24) is 0 Å². The number of aldehydes is 1. The second kappa shape index (κ2) is 10.6. The van der Waals surface area contributed by atoms with Gasteiger partial charge in [-0.15, -0.1) is 0 Å². The third-order valence-corrected chi connectivity index (χ3v) is 6.96. The summed E-state index contributed by atoms with van der Waals surface area (Å²) in [5.74, 6) is 0.627. The van der Waals surface area contributed by atoms with Crippen molar-refractivity contribution in [3.63, 3.8) is 0 Å². The van der Waals surface area contributed by atoms with Crippen LogP contribution in [0.4, 0.5) is 0 Å². The van der Waals surface area contributed by atoms with E-state index in [0.717, 1.165) is 11.8 Å². The van der Waals surface area contributed by atoms with Crippen molar-refractivity contribution in [3.05, 3.63) is 59.7 Å². The van der Waals surface area contributed by atoms with E-state index in [1.807, 2.05) is 106 Å². The summed E-state index contributed by atoms with van der Waals surface area (Å²) in [5, 5.41) is 0. The SMILES string of the molecule is CC.CC(C)(OCc1ccccc1)C(C)(C)Oc1ccc(C=O)c(B2OC(C)(C)C(C)(C)O2)c1. The minimum atomic E-state index is -0.655. The van der Waals surface area contributed by atoms with Gasteiger partial charge in [-0.3, -0.25) is 4.79 Å².